The van der Waals surface area contributed by atoms with Crippen molar-refractivity contribution in [2.75, 3.05) is 20.3 Å². The first-order valence-electron chi connectivity index (χ1n) is 6.33. The minimum Gasteiger partial charge on any atom is -0.383 e. The van der Waals surface area contributed by atoms with Gasteiger partial charge < -0.3 is 10.1 Å². The molecule has 1 N–H and O–H groups in total. The molecule has 0 spiro atoms. The average molecular weight is 318 g/mol. The molecule has 0 heterocycles. The molecular weight excluding hydrogens is 297 g/mol. The Labute approximate surface area is 117 Å². The van der Waals surface area contributed by atoms with Gasteiger partial charge in [-0.1, -0.05) is 28.9 Å². The van der Waals surface area contributed by atoms with Gasteiger partial charge in [-0.15, -0.1) is 0 Å². The third-order valence-corrected chi connectivity index (χ3v) is 3.32. The monoisotopic (exact) mass is 317 g/mol. The highest BCUT2D eigenvalue weighted by Gasteiger charge is 2.09. The summed E-state index contributed by atoms with van der Waals surface area (Å²) in [6.45, 7) is 3.76. The number of hydrogen-bond donors (Lipinski definition) is 1. The maximum absolute atomic E-state index is 13.7. The normalized spacial score (nSPS) is 12.7. The Bertz CT molecular complexity index is 360. The van der Waals surface area contributed by atoms with Crippen molar-refractivity contribution in [2.45, 2.75) is 32.2 Å². The van der Waals surface area contributed by atoms with Crippen molar-refractivity contribution < 1.29 is 9.13 Å². The first-order valence-corrected chi connectivity index (χ1v) is 7.13. The SMILES string of the molecule is CCCNC(CCc1ccc(Br)cc1F)COC. The fourth-order valence-electron chi connectivity index (χ4n) is 1.85. The van der Waals surface area contributed by atoms with Crippen LogP contribution in [-0.4, -0.2) is 26.3 Å². The van der Waals surface area contributed by atoms with E-state index in [2.05, 4.69) is 28.2 Å². The van der Waals surface area contributed by atoms with Gasteiger partial charge in [0.15, 0.2) is 0 Å². The number of aryl methyl sites for hydroxylation is 1. The molecule has 0 aliphatic carbocycles. The quantitative estimate of drug-likeness (QED) is 0.792. The van der Waals surface area contributed by atoms with Crippen LogP contribution >= 0.6 is 15.9 Å². The molecule has 2 nitrogen and oxygen atoms in total. The highest BCUT2D eigenvalue weighted by atomic mass is 79.9. The van der Waals surface area contributed by atoms with E-state index >= 15 is 0 Å². The molecule has 0 aromatic heterocycles. The third-order valence-electron chi connectivity index (χ3n) is 2.83. The van der Waals surface area contributed by atoms with E-state index in [1.165, 1.54) is 6.07 Å². The number of methoxy groups -OCH3 is 1. The third kappa shape index (κ3) is 5.46. The maximum atomic E-state index is 13.7. The Morgan fingerprint density at radius 3 is 2.83 bits per heavy atom. The van der Waals surface area contributed by atoms with Gasteiger partial charge in [0, 0.05) is 17.6 Å². The lowest BCUT2D eigenvalue weighted by molar-refractivity contribution is 0.162. The summed E-state index contributed by atoms with van der Waals surface area (Å²) in [5.41, 5.74) is 0.762. The Kier molecular flexibility index (Phi) is 7.47. The zero-order chi connectivity index (χ0) is 13.4. The van der Waals surface area contributed by atoms with Gasteiger partial charge in [0.2, 0.25) is 0 Å². The Morgan fingerprint density at radius 1 is 1.44 bits per heavy atom. The van der Waals surface area contributed by atoms with Crippen LogP contribution in [0.4, 0.5) is 4.39 Å². The van der Waals surface area contributed by atoms with Gasteiger partial charge in [-0.3, -0.25) is 0 Å². The van der Waals surface area contributed by atoms with Crippen molar-refractivity contribution >= 4 is 15.9 Å². The van der Waals surface area contributed by atoms with Gasteiger partial charge in [-0.25, -0.2) is 4.39 Å². The molecule has 0 saturated heterocycles. The van der Waals surface area contributed by atoms with Gasteiger partial charge in [-0.05, 0) is 43.5 Å². The van der Waals surface area contributed by atoms with Crippen LogP contribution in [0.25, 0.3) is 0 Å². The smallest absolute Gasteiger partial charge is 0.127 e. The lowest BCUT2D eigenvalue weighted by Crippen LogP contribution is -2.34. The summed E-state index contributed by atoms with van der Waals surface area (Å²) in [5.74, 6) is -0.143. The van der Waals surface area contributed by atoms with Crippen LogP contribution in [0.5, 0.6) is 0 Å². The highest BCUT2D eigenvalue weighted by Crippen LogP contribution is 2.17. The summed E-state index contributed by atoms with van der Waals surface area (Å²) in [7, 11) is 1.70. The zero-order valence-corrected chi connectivity index (χ0v) is 12.6. The first-order chi connectivity index (χ1) is 8.67. The van der Waals surface area contributed by atoms with E-state index in [9.17, 15) is 4.39 Å². The summed E-state index contributed by atoms with van der Waals surface area (Å²) in [4.78, 5) is 0. The number of rotatable bonds is 8. The van der Waals surface area contributed by atoms with Crippen LogP contribution in [0.3, 0.4) is 0 Å². The summed E-state index contributed by atoms with van der Waals surface area (Å²) in [5, 5.41) is 3.41. The van der Waals surface area contributed by atoms with Crippen LogP contribution in [0.2, 0.25) is 0 Å². The van der Waals surface area contributed by atoms with Crippen molar-refractivity contribution in [1.82, 2.24) is 5.32 Å². The lowest BCUT2D eigenvalue weighted by Gasteiger charge is -2.17. The molecule has 0 fully saturated rings. The maximum Gasteiger partial charge on any atom is 0.127 e. The van der Waals surface area contributed by atoms with E-state index in [0.29, 0.717) is 6.61 Å². The van der Waals surface area contributed by atoms with Crippen LogP contribution in [-0.2, 0) is 11.2 Å². The highest BCUT2D eigenvalue weighted by molar-refractivity contribution is 9.10. The average Bonchev–Trinajstić information content (AvgIpc) is 2.34. The predicted molar refractivity (Wildman–Crippen MR) is 76.4 cm³/mol. The standard InChI is InChI=1S/C14H21BrFNO/c1-3-8-17-13(10-18-2)7-5-11-4-6-12(15)9-14(11)16/h4,6,9,13,17H,3,5,7-8,10H2,1-2H3. The lowest BCUT2D eigenvalue weighted by atomic mass is 10.0. The van der Waals surface area contributed by atoms with E-state index in [0.717, 1.165) is 35.8 Å². The molecule has 0 amide bonds. The number of hydrogen-bond acceptors (Lipinski definition) is 2. The topological polar surface area (TPSA) is 21.3 Å². The zero-order valence-electron chi connectivity index (χ0n) is 11.0. The van der Waals surface area contributed by atoms with Crippen molar-refractivity contribution in [1.29, 1.82) is 0 Å². The Hall–Kier alpha value is -0.450. The molecule has 1 unspecified atom stereocenters. The molecule has 1 aromatic rings. The molecule has 0 radical (unpaired) electrons. The second-order valence-electron chi connectivity index (χ2n) is 4.38. The molecule has 1 atom stereocenters. The molecule has 0 aliphatic heterocycles. The predicted octanol–water partition coefficient (Wildman–Crippen LogP) is 3.54. The Morgan fingerprint density at radius 2 is 2.22 bits per heavy atom. The summed E-state index contributed by atoms with van der Waals surface area (Å²) in [6, 6.07) is 5.52. The van der Waals surface area contributed by atoms with E-state index in [1.54, 1.807) is 7.11 Å². The largest absolute Gasteiger partial charge is 0.383 e. The molecule has 1 rings (SSSR count). The van der Waals surface area contributed by atoms with Crippen molar-refractivity contribution in [3.8, 4) is 0 Å². The number of nitrogens with one attached hydrogen (secondary N) is 1. The molecule has 18 heavy (non-hydrogen) atoms. The van der Waals surface area contributed by atoms with Gasteiger partial charge in [-0.2, -0.15) is 0 Å². The molecule has 0 bridgehead atoms. The number of ether oxygens (including phenoxy) is 1. The minimum absolute atomic E-state index is 0.143. The van der Waals surface area contributed by atoms with Crippen LogP contribution < -0.4 is 5.32 Å². The summed E-state index contributed by atoms with van der Waals surface area (Å²) >= 11 is 3.26. The van der Waals surface area contributed by atoms with Crippen molar-refractivity contribution in [3.63, 3.8) is 0 Å². The summed E-state index contributed by atoms with van der Waals surface area (Å²) < 4.78 is 19.6. The second-order valence-corrected chi connectivity index (χ2v) is 5.30. The molecule has 4 heteroatoms. The van der Waals surface area contributed by atoms with E-state index < -0.39 is 0 Å². The van der Waals surface area contributed by atoms with Gasteiger partial charge in [0.25, 0.3) is 0 Å². The van der Waals surface area contributed by atoms with E-state index in [-0.39, 0.29) is 11.9 Å². The molecular formula is C14H21BrFNO. The van der Waals surface area contributed by atoms with E-state index in [1.807, 2.05) is 12.1 Å². The minimum atomic E-state index is -0.143. The van der Waals surface area contributed by atoms with Gasteiger partial charge >= 0.3 is 0 Å². The first kappa shape index (κ1) is 15.6. The molecule has 0 aliphatic rings. The molecule has 0 saturated carbocycles. The fourth-order valence-corrected chi connectivity index (χ4v) is 2.18. The van der Waals surface area contributed by atoms with Crippen LogP contribution in [0.1, 0.15) is 25.3 Å². The molecule has 1 aromatic carbocycles. The Balaban J connectivity index is 2.49. The number of halogens is 2. The summed E-state index contributed by atoms with van der Waals surface area (Å²) in [6.07, 6.45) is 2.70. The second kappa shape index (κ2) is 8.62. The van der Waals surface area contributed by atoms with Crippen LogP contribution in [0, 0.1) is 5.82 Å². The van der Waals surface area contributed by atoms with Crippen molar-refractivity contribution in [3.05, 3.63) is 34.1 Å². The van der Waals surface area contributed by atoms with E-state index in [4.69, 9.17) is 4.74 Å². The molecule has 102 valence electrons. The number of benzene rings is 1. The van der Waals surface area contributed by atoms with Gasteiger partial charge in [0.1, 0.15) is 5.82 Å². The van der Waals surface area contributed by atoms with Gasteiger partial charge in [0.05, 0.1) is 6.61 Å². The van der Waals surface area contributed by atoms with Crippen LogP contribution in [0.15, 0.2) is 22.7 Å². The van der Waals surface area contributed by atoms with Crippen molar-refractivity contribution in [2.24, 2.45) is 0 Å². The fraction of sp³-hybridized carbons (Fsp3) is 0.571.